The molecule has 2 aliphatic heterocycles. The van der Waals surface area contributed by atoms with Gasteiger partial charge in [-0.15, -0.1) is 0 Å². The highest BCUT2D eigenvalue weighted by atomic mass is 16.2. The van der Waals surface area contributed by atoms with Crippen LogP contribution in [0, 0.1) is 10.8 Å². The zero-order valence-electron chi connectivity index (χ0n) is 50.0. The molecule has 0 bridgehead atoms. The molecule has 10 rings (SSSR count). The Balaban J connectivity index is 0.000000210. The molecule has 2 heterocycles. The molecule has 8 aromatic rings. The van der Waals surface area contributed by atoms with Gasteiger partial charge in [0.15, 0.2) is 11.9 Å². The maximum absolute atomic E-state index is 14.4. The van der Waals surface area contributed by atoms with Gasteiger partial charge in [0.2, 0.25) is 23.6 Å². The summed E-state index contributed by atoms with van der Waals surface area (Å²) in [6, 6.07) is 70.6. The molecule has 88 heavy (non-hydrogen) atoms. The lowest BCUT2D eigenvalue weighted by Gasteiger charge is -2.35. The lowest BCUT2D eigenvalue weighted by atomic mass is 9.95. The highest BCUT2D eigenvalue weighted by Crippen LogP contribution is 2.33. The minimum absolute atomic E-state index is 0.0329. The molecule has 2 fully saturated rings. The van der Waals surface area contributed by atoms with Crippen molar-refractivity contribution in [1.29, 1.82) is 10.8 Å². The first-order chi connectivity index (χ1) is 42.9. The molecule has 0 aliphatic carbocycles. The number of rotatable bonds is 22. The third kappa shape index (κ3) is 17.5. The monoisotopic (exact) mass is 1180 g/mol. The predicted octanol–water partition coefficient (Wildman–Crippen LogP) is 8.73. The summed E-state index contributed by atoms with van der Waals surface area (Å²) in [5, 5.41) is 36.7. The molecular formula is C72H82N12O4. The van der Waals surface area contributed by atoms with Crippen molar-refractivity contribution < 1.29 is 19.2 Å². The maximum Gasteiger partial charge on any atom is 0.242 e. The van der Waals surface area contributed by atoms with Crippen LogP contribution < -0.4 is 43.4 Å². The van der Waals surface area contributed by atoms with E-state index in [2.05, 4.69) is 86.5 Å². The number of guanidine groups is 2. The van der Waals surface area contributed by atoms with Crippen molar-refractivity contribution >= 4 is 46.3 Å². The van der Waals surface area contributed by atoms with Gasteiger partial charge in [0, 0.05) is 44.8 Å². The number of fused-ring (bicyclic) bond motifs is 1. The Morgan fingerprint density at radius 2 is 0.966 bits per heavy atom. The van der Waals surface area contributed by atoms with E-state index in [1.165, 1.54) is 0 Å². The molecule has 2 aliphatic rings. The lowest BCUT2D eigenvalue weighted by Crippen LogP contribution is -2.60. The molecule has 0 radical (unpaired) electrons. The van der Waals surface area contributed by atoms with Crippen LogP contribution in [-0.4, -0.2) is 108 Å². The Hall–Kier alpha value is -9.64. The van der Waals surface area contributed by atoms with Crippen LogP contribution in [0.15, 0.2) is 218 Å². The summed E-state index contributed by atoms with van der Waals surface area (Å²) in [5.74, 6) is -0.419. The Morgan fingerprint density at radius 1 is 0.523 bits per heavy atom. The molecule has 1 unspecified atom stereocenters. The van der Waals surface area contributed by atoms with Crippen molar-refractivity contribution in [3.8, 4) is 11.1 Å². The molecule has 16 nitrogen and oxygen atoms in total. The number of benzene rings is 8. The molecule has 4 amide bonds. The fraction of sp³-hybridized carbons (Fsp3) is 0.278. The molecule has 2 saturated heterocycles. The number of nitrogens with zero attached hydrogens (tertiary/aromatic N) is 2. The Bertz CT molecular complexity index is 3470. The zero-order valence-corrected chi connectivity index (χ0v) is 50.0. The van der Waals surface area contributed by atoms with Gasteiger partial charge >= 0.3 is 0 Å². The average molecular weight is 1180 g/mol. The lowest BCUT2D eigenvalue weighted by molar-refractivity contribution is -0.135. The Labute approximate surface area is 516 Å². The summed E-state index contributed by atoms with van der Waals surface area (Å²) in [5.41, 5.74) is 19.5. The highest BCUT2D eigenvalue weighted by molar-refractivity contribution is 5.87. The topological polar surface area (TPSA) is 247 Å². The van der Waals surface area contributed by atoms with E-state index in [1.54, 1.807) is 0 Å². The van der Waals surface area contributed by atoms with Crippen LogP contribution in [0.25, 0.3) is 21.9 Å². The highest BCUT2D eigenvalue weighted by Gasteiger charge is 2.40. The van der Waals surface area contributed by atoms with Crippen molar-refractivity contribution in [2.24, 2.45) is 11.5 Å². The largest absolute Gasteiger partial charge is 0.370 e. The molecule has 454 valence electrons. The standard InChI is InChI=1S/C37H42N6O2.C35H40N6O2/c1-2-32(42-37(38)39)34-36(45)43(35(29-14-8-4-9-15-29)30-16-10-5-11-17-30)23-22-31(41-34)25-40-33(44)24-26-18-20-28(21-19-26)27-12-6-3-7-13-27;36-35(37)38-20-9-16-31-34(43)41(33(27-11-3-1-4-12-27)28-13-5-2-6-14-28)21-19-30(40-31)24-39-32(42)23-25-17-18-26-10-7-8-15-29(26)22-25/h3-21,31-32,34-35,41H,2,22-25H2,1H3,(H,40,44)(H4,38,39,42);1-8,10-15,17-18,22,30-31,33,40H,9,16,19-21,23-24H2,(H,39,42)(H4,36,37,38)/t31-,32?,34-;30-,31-/m11/s1. The first kappa shape index (κ1) is 62.9. The summed E-state index contributed by atoms with van der Waals surface area (Å²) in [6.45, 7) is 4.32. The second-order valence-corrected chi connectivity index (χ2v) is 22.6. The van der Waals surface area contributed by atoms with Gasteiger partial charge < -0.3 is 47.9 Å². The van der Waals surface area contributed by atoms with Crippen LogP contribution in [0.3, 0.4) is 0 Å². The number of nitrogens with two attached hydrogens (primary N) is 2. The number of carbonyl (C=O) groups excluding carboxylic acids is 4. The second-order valence-electron chi connectivity index (χ2n) is 22.6. The minimum Gasteiger partial charge on any atom is -0.370 e. The van der Waals surface area contributed by atoms with E-state index >= 15 is 0 Å². The van der Waals surface area contributed by atoms with Gasteiger partial charge in [-0.3, -0.25) is 35.3 Å². The van der Waals surface area contributed by atoms with E-state index in [1.807, 2.05) is 181 Å². The molecule has 0 spiro atoms. The van der Waals surface area contributed by atoms with Crippen molar-refractivity contribution in [2.45, 2.75) is 94.2 Å². The Kier molecular flexibility index (Phi) is 22.6. The van der Waals surface area contributed by atoms with Gasteiger partial charge in [0.05, 0.1) is 37.0 Å². The number of amides is 4. The predicted molar refractivity (Wildman–Crippen MR) is 351 cm³/mol. The molecule has 5 atom stereocenters. The van der Waals surface area contributed by atoms with E-state index in [0.717, 1.165) is 55.3 Å². The SMILES string of the molecule is CCC(NC(=N)N)[C@H]1N[C@@H](CNC(=O)Cc2ccc(-c3ccccc3)cc2)CCN(C(c2ccccc2)c2ccccc2)C1=O.N=C(N)NCCC[C@H]1N[C@@H](CNC(=O)Cc2ccc3ccccc3c2)CCN(C(c2ccccc2)c2ccccc2)C1=O. The van der Waals surface area contributed by atoms with Gasteiger partial charge in [0.1, 0.15) is 6.04 Å². The van der Waals surface area contributed by atoms with Crippen molar-refractivity contribution in [2.75, 3.05) is 32.7 Å². The minimum atomic E-state index is -0.649. The smallest absolute Gasteiger partial charge is 0.242 e. The third-order valence-electron chi connectivity index (χ3n) is 16.4. The van der Waals surface area contributed by atoms with Crippen molar-refractivity contribution in [1.82, 2.24) is 41.7 Å². The van der Waals surface area contributed by atoms with Gasteiger partial charge in [-0.25, -0.2) is 0 Å². The van der Waals surface area contributed by atoms with Crippen LogP contribution in [-0.2, 0) is 32.0 Å². The molecule has 16 heteroatoms. The van der Waals surface area contributed by atoms with Gasteiger partial charge in [-0.1, -0.05) is 225 Å². The molecule has 0 aromatic heterocycles. The van der Waals surface area contributed by atoms with Crippen molar-refractivity contribution in [3.05, 3.63) is 252 Å². The third-order valence-corrected chi connectivity index (χ3v) is 16.4. The van der Waals surface area contributed by atoms with Crippen LogP contribution in [0.5, 0.6) is 0 Å². The van der Waals surface area contributed by atoms with Crippen molar-refractivity contribution in [3.63, 3.8) is 0 Å². The molecular weight excluding hydrogens is 1100 g/mol. The number of nitrogens with one attached hydrogen (secondary N) is 8. The summed E-state index contributed by atoms with van der Waals surface area (Å²) in [6.07, 6.45) is 3.72. The van der Waals surface area contributed by atoms with E-state index in [4.69, 9.17) is 22.3 Å². The van der Waals surface area contributed by atoms with Crippen LogP contribution in [0.4, 0.5) is 0 Å². The summed E-state index contributed by atoms with van der Waals surface area (Å²) in [4.78, 5) is 58.5. The fourth-order valence-corrected chi connectivity index (χ4v) is 11.9. The quantitative estimate of drug-likeness (QED) is 0.0176. The average Bonchev–Trinajstić information content (AvgIpc) is 2.84. The summed E-state index contributed by atoms with van der Waals surface area (Å²) < 4.78 is 0. The zero-order chi connectivity index (χ0) is 61.6. The van der Waals surface area contributed by atoms with E-state index in [-0.39, 0.29) is 66.1 Å². The van der Waals surface area contributed by atoms with Gasteiger partial charge in [-0.05, 0) is 87.4 Å². The summed E-state index contributed by atoms with van der Waals surface area (Å²) in [7, 11) is 0. The number of hydrogen-bond acceptors (Lipinski definition) is 8. The molecule has 12 N–H and O–H groups in total. The van der Waals surface area contributed by atoms with E-state index < -0.39 is 18.1 Å². The van der Waals surface area contributed by atoms with E-state index in [0.29, 0.717) is 71.2 Å². The van der Waals surface area contributed by atoms with Gasteiger partial charge in [0.25, 0.3) is 0 Å². The van der Waals surface area contributed by atoms with Crippen LogP contribution >= 0.6 is 0 Å². The van der Waals surface area contributed by atoms with Crippen LogP contribution in [0.2, 0.25) is 0 Å². The van der Waals surface area contributed by atoms with Crippen LogP contribution in [0.1, 0.15) is 84.5 Å². The van der Waals surface area contributed by atoms with Gasteiger partial charge in [-0.2, -0.15) is 0 Å². The Morgan fingerprint density at radius 3 is 1.47 bits per heavy atom. The molecule has 8 aromatic carbocycles. The fourth-order valence-electron chi connectivity index (χ4n) is 11.9. The summed E-state index contributed by atoms with van der Waals surface area (Å²) >= 11 is 0. The first-order valence-corrected chi connectivity index (χ1v) is 30.6. The molecule has 0 saturated carbocycles. The normalized spacial score (nSPS) is 17.2. The van der Waals surface area contributed by atoms with E-state index in [9.17, 15) is 19.2 Å². The maximum atomic E-state index is 14.4. The number of hydrogen-bond donors (Lipinski definition) is 10. The first-order valence-electron chi connectivity index (χ1n) is 30.6. The number of carbonyl (C=O) groups is 4. The second kappa shape index (κ2) is 31.7.